The molecule has 176 valence electrons. The van der Waals surface area contributed by atoms with Crippen LogP contribution in [0, 0.1) is 0 Å². The lowest BCUT2D eigenvalue weighted by molar-refractivity contribution is 0.140. The lowest BCUT2D eigenvalue weighted by Gasteiger charge is -2.12. The fraction of sp³-hybridized carbons (Fsp3) is 0.190. The Kier molecular flexibility index (Phi) is 6.96. The number of phosphoric acid groups is 1. The van der Waals surface area contributed by atoms with Gasteiger partial charge < -0.3 is 15.1 Å². The number of hydrogen-bond acceptors (Lipinski definition) is 8. The van der Waals surface area contributed by atoms with E-state index in [1.807, 2.05) is 37.3 Å². The highest BCUT2D eigenvalue weighted by Crippen LogP contribution is 2.42. The Bertz CT molecular complexity index is 1360. The standard InChI is InChI=1S/C21H21N6O5PS/c1-3-22-20(28)27-21-26-17-9-13(8-15(18(17)34-21)16-6-4-5-7-23-16)14-10-24-19(25-11-14)12(2)32-33(29,30)31/h4-12H,3H2,1-2H3,(H2,29,30,31)(H2,22,26,27,28). The van der Waals surface area contributed by atoms with Crippen LogP contribution in [0.25, 0.3) is 32.6 Å². The van der Waals surface area contributed by atoms with Crippen molar-refractivity contribution in [2.24, 2.45) is 0 Å². The topological polar surface area (TPSA) is 159 Å². The molecule has 0 aliphatic rings. The number of carbonyl (C=O) groups is 1. The first-order valence-corrected chi connectivity index (χ1v) is 12.6. The van der Waals surface area contributed by atoms with Gasteiger partial charge in [-0.1, -0.05) is 17.4 Å². The number of phosphoric ester groups is 1. The molecule has 34 heavy (non-hydrogen) atoms. The highest BCUT2D eigenvalue weighted by atomic mass is 32.1. The molecule has 3 aromatic heterocycles. The second-order valence-electron chi connectivity index (χ2n) is 7.16. The van der Waals surface area contributed by atoms with Gasteiger partial charge >= 0.3 is 13.9 Å². The van der Waals surface area contributed by atoms with Crippen molar-refractivity contribution in [2.75, 3.05) is 11.9 Å². The minimum Gasteiger partial charge on any atom is -0.338 e. The van der Waals surface area contributed by atoms with Crippen LogP contribution in [0.2, 0.25) is 0 Å². The van der Waals surface area contributed by atoms with Crippen molar-refractivity contribution in [3.05, 3.63) is 54.7 Å². The van der Waals surface area contributed by atoms with Gasteiger partial charge in [-0.2, -0.15) is 0 Å². The van der Waals surface area contributed by atoms with Crippen molar-refractivity contribution in [3.8, 4) is 22.4 Å². The lowest BCUT2D eigenvalue weighted by atomic mass is 10.0. The van der Waals surface area contributed by atoms with Gasteiger partial charge in [0.05, 0.1) is 15.9 Å². The van der Waals surface area contributed by atoms with Gasteiger partial charge in [0.2, 0.25) is 0 Å². The van der Waals surface area contributed by atoms with Crippen LogP contribution >= 0.6 is 19.2 Å². The minimum absolute atomic E-state index is 0.139. The molecule has 11 nitrogen and oxygen atoms in total. The maximum atomic E-state index is 12.0. The molecule has 0 saturated heterocycles. The number of thiazole rings is 1. The molecule has 2 amide bonds. The number of urea groups is 1. The second-order valence-corrected chi connectivity index (χ2v) is 9.35. The number of benzene rings is 1. The highest BCUT2D eigenvalue weighted by molar-refractivity contribution is 7.46. The van der Waals surface area contributed by atoms with E-state index in [1.54, 1.807) is 18.6 Å². The highest BCUT2D eigenvalue weighted by Gasteiger charge is 2.22. The van der Waals surface area contributed by atoms with Crippen molar-refractivity contribution < 1.29 is 23.7 Å². The first kappa shape index (κ1) is 23.9. The van der Waals surface area contributed by atoms with Crippen molar-refractivity contribution in [2.45, 2.75) is 20.0 Å². The quantitative estimate of drug-likeness (QED) is 0.274. The van der Waals surface area contributed by atoms with E-state index in [0.717, 1.165) is 21.5 Å². The zero-order valence-electron chi connectivity index (χ0n) is 18.2. The molecule has 4 rings (SSSR count). The number of hydrogen-bond donors (Lipinski definition) is 4. The van der Waals surface area contributed by atoms with E-state index in [4.69, 9.17) is 9.79 Å². The first-order valence-electron chi connectivity index (χ1n) is 10.2. The number of carbonyl (C=O) groups excluding carboxylic acids is 1. The summed E-state index contributed by atoms with van der Waals surface area (Å²) in [6.07, 6.45) is 3.81. The van der Waals surface area contributed by atoms with Crippen LogP contribution in [0.15, 0.2) is 48.9 Å². The Morgan fingerprint density at radius 3 is 2.59 bits per heavy atom. The number of nitrogens with zero attached hydrogens (tertiary/aromatic N) is 4. The first-order chi connectivity index (χ1) is 16.2. The molecule has 3 heterocycles. The van der Waals surface area contributed by atoms with Gasteiger partial charge in [0.25, 0.3) is 0 Å². The molecule has 4 N–H and O–H groups in total. The molecule has 1 atom stereocenters. The van der Waals surface area contributed by atoms with Crippen LogP contribution in [-0.2, 0) is 9.09 Å². The summed E-state index contributed by atoms with van der Waals surface area (Å²) in [4.78, 5) is 47.4. The number of rotatable bonds is 7. The van der Waals surface area contributed by atoms with Crippen LogP contribution in [0.3, 0.4) is 0 Å². The van der Waals surface area contributed by atoms with E-state index >= 15 is 0 Å². The summed E-state index contributed by atoms with van der Waals surface area (Å²) < 4.78 is 16.6. The minimum atomic E-state index is -4.67. The van der Waals surface area contributed by atoms with Gasteiger partial charge in [-0.15, -0.1) is 0 Å². The molecule has 1 aromatic carbocycles. The van der Waals surface area contributed by atoms with Crippen LogP contribution in [0.4, 0.5) is 9.93 Å². The van der Waals surface area contributed by atoms with Gasteiger partial charge in [0, 0.05) is 36.3 Å². The molecular formula is C21H21N6O5PS. The summed E-state index contributed by atoms with van der Waals surface area (Å²) in [5.74, 6) is 0.139. The van der Waals surface area contributed by atoms with Gasteiger partial charge in [-0.05, 0) is 43.7 Å². The molecule has 0 saturated carbocycles. The Hall–Kier alpha value is -3.28. The Balaban J connectivity index is 1.74. The van der Waals surface area contributed by atoms with Gasteiger partial charge in [-0.25, -0.2) is 24.3 Å². The van der Waals surface area contributed by atoms with Crippen molar-refractivity contribution >= 4 is 40.5 Å². The summed E-state index contributed by atoms with van der Waals surface area (Å²) >= 11 is 1.34. The fourth-order valence-electron chi connectivity index (χ4n) is 3.22. The molecule has 13 heteroatoms. The number of anilines is 1. The summed E-state index contributed by atoms with van der Waals surface area (Å²) in [7, 11) is -4.67. The number of pyridine rings is 1. The third-order valence-corrected chi connectivity index (χ3v) is 6.26. The van der Waals surface area contributed by atoms with Gasteiger partial charge in [-0.3, -0.25) is 14.8 Å². The van der Waals surface area contributed by atoms with E-state index in [0.29, 0.717) is 22.8 Å². The molecule has 4 aromatic rings. The van der Waals surface area contributed by atoms with E-state index in [9.17, 15) is 9.36 Å². The smallest absolute Gasteiger partial charge is 0.338 e. The predicted molar refractivity (Wildman–Crippen MR) is 128 cm³/mol. The molecule has 0 radical (unpaired) electrons. The van der Waals surface area contributed by atoms with Crippen LogP contribution in [0.1, 0.15) is 25.8 Å². The van der Waals surface area contributed by atoms with Gasteiger partial charge in [0.1, 0.15) is 6.10 Å². The number of aromatic nitrogens is 4. The molecule has 0 aliphatic carbocycles. The predicted octanol–water partition coefficient (Wildman–Crippen LogP) is 4.13. The molecule has 0 aliphatic heterocycles. The second kappa shape index (κ2) is 9.92. The van der Waals surface area contributed by atoms with E-state index in [-0.39, 0.29) is 11.9 Å². The third kappa shape index (κ3) is 5.61. The lowest BCUT2D eigenvalue weighted by Crippen LogP contribution is -2.28. The SMILES string of the molecule is CCNC(=O)Nc1nc2cc(-c3cnc(C(C)OP(=O)(O)O)nc3)cc(-c3ccccn3)c2s1. The largest absolute Gasteiger partial charge is 0.470 e. The molecule has 0 fully saturated rings. The average Bonchev–Trinajstić information content (AvgIpc) is 3.20. The molecular weight excluding hydrogens is 479 g/mol. The van der Waals surface area contributed by atoms with Crippen LogP contribution in [-0.4, -0.2) is 42.3 Å². The molecule has 1 unspecified atom stereocenters. The molecule has 0 spiro atoms. The zero-order valence-corrected chi connectivity index (χ0v) is 19.9. The monoisotopic (exact) mass is 500 g/mol. The summed E-state index contributed by atoms with van der Waals surface area (Å²) in [6, 6.07) is 9.05. The Morgan fingerprint density at radius 2 is 1.94 bits per heavy atom. The maximum Gasteiger partial charge on any atom is 0.470 e. The maximum absolute atomic E-state index is 12.0. The van der Waals surface area contributed by atoms with Crippen molar-refractivity contribution in [1.82, 2.24) is 25.3 Å². The third-order valence-electron chi connectivity index (χ3n) is 4.65. The van der Waals surface area contributed by atoms with E-state index < -0.39 is 13.9 Å². The van der Waals surface area contributed by atoms with Crippen LogP contribution in [0.5, 0.6) is 0 Å². The zero-order chi connectivity index (χ0) is 24.3. The average molecular weight is 500 g/mol. The van der Waals surface area contributed by atoms with Crippen molar-refractivity contribution in [3.63, 3.8) is 0 Å². The van der Waals surface area contributed by atoms with E-state index in [1.165, 1.54) is 18.3 Å². The molecule has 0 bridgehead atoms. The Morgan fingerprint density at radius 1 is 1.18 bits per heavy atom. The summed E-state index contributed by atoms with van der Waals surface area (Å²) in [5.41, 5.74) is 3.66. The number of amides is 2. The fourth-order valence-corrected chi connectivity index (χ4v) is 4.69. The normalized spacial score (nSPS) is 12.5. The van der Waals surface area contributed by atoms with Crippen LogP contribution < -0.4 is 10.6 Å². The van der Waals surface area contributed by atoms with Crippen molar-refractivity contribution in [1.29, 1.82) is 0 Å². The number of nitrogens with one attached hydrogen (secondary N) is 2. The summed E-state index contributed by atoms with van der Waals surface area (Å²) in [6.45, 7) is 3.78. The van der Waals surface area contributed by atoms with Gasteiger partial charge in [0.15, 0.2) is 11.0 Å². The number of fused-ring (bicyclic) bond motifs is 1. The Labute approximate surface area is 198 Å². The van der Waals surface area contributed by atoms with E-state index in [2.05, 4.69) is 35.1 Å². The summed E-state index contributed by atoms with van der Waals surface area (Å²) in [5, 5.41) is 5.87.